The predicted molar refractivity (Wildman–Crippen MR) is 103 cm³/mol. The molecule has 0 fully saturated rings. The van der Waals surface area contributed by atoms with Gasteiger partial charge in [0, 0.05) is 29.9 Å². The lowest BCUT2D eigenvalue weighted by Gasteiger charge is -2.15. The molecule has 0 unspecified atom stereocenters. The second-order valence-electron chi connectivity index (χ2n) is 7.20. The summed E-state index contributed by atoms with van der Waals surface area (Å²) in [6.45, 7) is 8.94. The van der Waals surface area contributed by atoms with E-state index in [4.69, 9.17) is 0 Å². The Labute approximate surface area is 144 Å². The van der Waals surface area contributed by atoms with Gasteiger partial charge in [0.2, 0.25) is 5.69 Å². The lowest BCUT2D eigenvalue weighted by atomic mass is 9.81. The number of benzene rings is 2. The summed E-state index contributed by atoms with van der Waals surface area (Å²) < 4.78 is 2.45. The molecule has 24 heavy (non-hydrogen) atoms. The van der Waals surface area contributed by atoms with E-state index in [1.54, 1.807) is 0 Å². The van der Waals surface area contributed by atoms with E-state index >= 15 is 0 Å². The minimum Gasteiger partial charge on any atom is -0.384 e. The molecule has 2 aromatic rings. The molecular formula is C22H25N2+. The Bertz CT molecular complexity index is 856. The molecule has 0 aromatic heterocycles. The number of allylic oxidation sites excluding steroid dienone is 1. The molecule has 0 aliphatic carbocycles. The van der Waals surface area contributed by atoms with Crippen LogP contribution in [0.15, 0.2) is 48.5 Å². The Balaban J connectivity index is 1.73. The first-order valence-electron chi connectivity index (χ1n) is 8.90. The Morgan fingerprint density at radius 3 is 2.79 bits per heavy atom. The smallest absolute Gasteiger partial charge is 0.209 e. The molecular weight excluding hydrogens is 292 g/mol. The molecule has 4 rings (SSSR count). The van der Waals surface area contributed by atoms with Gasteiger partial charge in [-0.15, -0.1) is 0 Å². The maximum Gasteiger partial charge on any atom is 0.209 e. The molecule has 0 spiro atoms. The highest BCUT2D eigenvalue weighted by Gasteiger charge is 2.43. The van der Waals surface area contributed by atoms with E-state index in [1.807, 2.05) is 0 Å². The third-order valence-corrected chi connectivity index (χ3v) is 5.39. The van der Waals surface area contributed by atoms with E-state index < -0.39 is 0 Å². The zero-order chi connectivity index (χ0) is 16.7. The maximum absolute atomic E-state index is 3.43. The van der Waals surface area contributed by atoms with E-state index in [1.165, 1.54) is 33.8 Å². The minimum atomic E-state index is 0.0430. The summed E-state index contributed by atoms with van der Waals surface area (Å²) >= 11 is 0. The minimum absolute atomic E-state index is 0.0430. The highest BCUT2D eigenvalue weighted by Crippen LogP contribution is 2.39. The number of nitrogens with one attached hydrogen (secondary N) is 1. The first-order valence-corrected chi connectivity index (χ1v) is 8.90. The van der Waals surface area contributed by atoms with Crippen LogP contribution in [0.2, 0.25) is 0 Å². The molecule has 122 valence electrons. The quantitative estimate of drug-likeness (QED) is 0.806. The topological polar surface area (TPSA) is 15.0 Å². The van der Waals surface area contributed by atoms with E-state index in [9.17, 15) is 0 Å². The van der Waals surface area contributed by atoms with Crippen LogP contribution in [0.4, 0.5) is 11.4 Å². The van der Waals surface area contributed by atoms with Gasteiger partial charge in [0.05, 0.1) is 5.41 Å². The van der Waals surface area contributed by atoms with Crippen LogP contribution in [0.1, 0.15) is 37.5 Å². The molecule has 0 saturated heterocycles. The van der Waals surface area contributed by atoms with Crippen LogP contribution >= 0.6 is 0 Å². The van der Waals surface area contributed by atoms with Crippen LogP contribution in [0.25, 0.3) is 6.08 Å². The standard InChI is InChI=1S/C22H24N2/c1-4-24-20-8-6-5-7-18(20)22(2,3)21(24)12-10-16-9-11-19-17(15-16)13-14-23-19/h5-12,15H,4,13-14H2,1-3H3/p+1. The third kappa shape index (κ3) is 2.29. The van der Waals surface area contributed by atoms with Gasteiger partial charge in [-0.1, -0.05) is 24.3 Å². The molecule has 0 radical (unpaired) electrons. The van der Waals surface area contributed by atoms with Gasteiger partial charge in [0.15, 0.2) is 5.71 Å². The Hall–Kier alpha value is -2.35. The largest absolute Gasteiger partial charge is 0.384 e. The molecule has 0 amide bonds. The Morgan fingerprint density at radius 2 is 1.96 bits per heavy atom. The van der Waals surface area contributed by atoms with Crippen molar-refractivity contribution in [2.24, 2.45) is 0 Å². The average molecular weight is 317 g/mol. The van der Waals surface area contributed by atoms with Gasteiger partial charge < -0.3 is 5.32 Å². The molecule has 2 nitrogen and oxygen atoms in total. The average Bonchev–Trinajstić information content (AvgIpc) is 3.13. The van der Waals surface area contributed by atoms with Crippen LogP contribution in [-0.2, 0) is 11.8 Å². The maximum atomic E-state index is 3.43. The molecule has 2 aliphatic heterocycles. The number of hydrogen-bond donors (Lipinski definition) is 1. The summed E-state index contributed by atoms with van der Waals surface area (Å²) in [4.78, 5) is 0. The number of para-hydroxylation sites is 1. The molecule has 2 heteroatoms. The number of anilines is 1. The van der Waals surface area contributed by atoms with E-state index in [0.29, 0.717) is 0 Å². The van der Waals surface area contributed by atoms with Crippen molar-refractivity contribution < 1.29 is 4.58 Å². The van der Waals surface area contributed by atoms with Crippen molar-refractivity contribution in [1.29, 1.82) is 0 Å². The van der Waals surface area contributed by atoms with E-state index in [2.05, 4.69) is 85.3 Å². The number of fused-ring (bicyclic) bond motifs is 2. The molecule has 2 aromatic carbocycles. The van der Waals surface area contributed by atoms with Crippen LogP contribution in [0.3, 0.4) is 0 Å². The first-order chi connectivity index (χ1) is 11.6. The third-order valence-electron chi connectivity index (χ3n) is 5.39. The molecule has 0 saturated carbocycles. The highest BCUT2D eigenvalue weighted by molar-refractivity contribution is 6.05. The first kappa shape index (κ1) is 15.2. The zero-order valence-corrected chi connectivity index (χ0v) is 14.8. The van der Waals surface area contributed by atoms with Crippen molar-refractivity contribution in [3.05, 3.63) is 65.2 Å². The van der Waals surface area contributed by atoms with Crippen LogP contribution in [0, 0.1) is 0 Å². The molecule has 0 bridgehead atoms. The van der Waals surface area contributed by atoms with Gasteiger partial charge in [-0.25, -0.2) is 0 Å². The fraction of sp³-hybridized carbons (Fsp3) is 0.318. The van der Waals surface area contributed by atoms with Crippen molar-refractivity contribution in [3.8, 4) is 0 Å². The summed E-state index contributed by atoms with van der Waals surface area (Å²) in [6.07, 6.45) is 5.71. The van der Waals surface area contributed by atoms with E-state index in [0.717, 1.165) is 19.5 Å². The lowest BCUT2D eigenvalue weighted by Crippen LogP contribution is -2.27. The van der Waals surface area contributed by atoms with Gasteiger partial charge in [-0.3, -0.25) is 0 Å². The van der Waals surface area contributed by atoms with Crippen LogP contribution < -0.4 is 5.32 Å². The number of rotatable bonds is 3. The van der Waals surface area contributed by atoms with Gasteiger partial charge in [0.1, 0.15) is 6.54 Å². The molecule has 2 aliphatic rings. The summed E-state index contributed by atoms with van der Waals surface area (Å²) in [5.74, 6) is 0. The van der Waals surface area contributed by atoms with Crippen molar-refractivity contribution in [3.63, 3.8) is 0 Å². The summed E-state index contributed by atoms with van der Waals surface area (Å²) in [6, 6.07) is 15.5. The predicted octanol–water partition coefficient (Wildman–Crippen LogP) is 4.76. The van der Waals surface area contributed by atoms with Crippen LogP contribution in [-0.4, -0.2) is 23.4 Å². The SMILES string of the molecule is CC[N+]1=C(/C=C/c2ccc3c(c2)CCN3)C(C)(C)c2ccccc21. The fourth-order valence-corrected chi connectivity index (χ4v) is 4.09. The Kier molecular flexibility index (Phi) is 3.56. The highest BCUT2D eigenvalue weighted by atomic mass is 15.0. The summed E-state index contributed by atoms with van der Waals surface area (Å²) in [7, 11) is 0. The monoisotopic (exact) mass is 317 g/mol. The summed E-state index contributed by atoms with van der Waals surface area (Å²) in [5, 5.41) is 3.43. The van der Waals surface area contributed by atoms with Crippen molar-refractivity contribution >= 4 is 23.2 Å². The normalized spacial score (nSPS) is 18.0. The van der Waals surface area contributed by atoms with Gasteiger partial charge >= 0.3 is 0 Å². The number of nitrogens with zero attached hydrogens (tertiary/aromatic N) is 1. The van der Waals surface area contributed by atoms with Crippen molar-refractivity contribution in [2.75, 3.05) is 18.4 Å². The zero-order valence-electron chi connectivity index (χ0n) is 14.8. The fourth-order valence-electron chi connectivity index (χ4n) is 4.09. The van der Waals surface area contributed by atoms with Gasteiger partial charge in [-0.2, -0.15) is 4.58 Å². The van der Waals surface area contributed by atoms with Gasteiger partial charge in [0.25, 0.3) is 0 Å². The van der Waals surface area contributed by atoms with Gasteiger partial charge in [-0.05, 0) is 56.5 Å². The van der Waals surface area contributed by atoms with Crippen LogP contribution in [0.5, 0.6) is 0 Å². The second-order valence-corrected chi connectivity index (χ2v) is 7.20. The van der Waals surface area contributed by atoms with Crippen molar-refractivity contribution in [1.82, 2.24) is 0 Å². The van der Waals surface area contributed by atoms with Crippen molar-refractivity contribution in [2.45, 2.75) is 32.6 Å². The molecule has 2 heterocycles. The molecule has 0 atom stereocenters. The van der Waals surface area contributed by atoms with E-state index in [-0.39, 0.29) is 5.41 Å². The molecule has 1 N–H and O–H groups in total. The lowest BCUT2D eigenvalue weighted by molar-refractivity contribution is -0.433. The summed E-state index contributed by atoms with van der Waals surface area (Å²) in [5.41, 5.74) is 8.21. The second kappa shape index (κ2) is 5.62. The Morgan fingerprint density at radius 1 is 1.12 bits per heavy atom. The number of hydrogen-bond acceptors (Lipinski definition) is 1.